The molecule has 134 valence electrons. The lowest BCUT2D eigenvalue weighted by atomic mass is 9.63. The van der Waals surface area contributed by atoms with Crippen molar-refractivity contribution < 1.29 is 14.6 Å². The van der Waals surface area contributed by atoms with Crippen LogP contribution in [0.5, 0.6) is 0 Å². The average Bonchev–Trinajstić information content (AvgIpc) is 2.51. The molecule has 1 aliphatic rings. The Morgan fingerprint density at radius 2 is 1.88 bits per heavy atom. The fraction of sp³-hybridized carbons (Fsp3) is 0.571. The van der Waals surface area contributed by atoms with Gasteiger partial charge in [0.1, 0.15) is 0 Å². The van der Waals surface area contributed by atoms with E-state index < -0.39 is 0 Å². The smallest absolute Gasteiger partial charge is 0.330 e. The van der Waals surface area contributed by atoms with Gasteiger partial charge in [0.05, 0.1) is 13.2 Å². The molecule has 0 amide bonds. The van der Waals surface area contributed by atoms with E-state index in [-0.39, 0.29) is 23.4 Å². The molecule has 1 N–H and O–H groups in total. The third-order valence-electron chi connectivity index (χ3n) is 4.99. The summed E-state index contributed by atoms with van der Waals surface area (Å²) in [6, 6.07) is 0. The molecule has 0 aliphatic heterocycles. The molecular formula is C21H32O3. The number of allylic oxidation sites excluding steroid dienone is 7. The van der Waals surface area contributed by atoms with Gasteiger partial charge in [-0.15, -0.1) is 0 Å². The first-order valence-corrected chi connectivity index (χ1v) is 8.65. The summed E-state index contributed by atoms with van der Waals surface area (Å²) in [5, 5.41) is 10.1. The van der Waals surface area contributed by atoms with Crippen LogP contribution in [0.15, 0.2) is 47.6 Å². The Hall–Kier alpha value is -1.61. The molecule has 1 aliphatic carbocycles. The zero-order chi connectivity index (χ0) is 18.3. The van der Waals surface area contributed by atoms with Gasteiger partial charge in [-0.2, -0.15) is 0 Å². The van der Waals surface area contributed by atoms with E-state index in [1.54, 1.807) is 0 Å². The second-order valence-electron chi connectivity index (χ2n) is 7.52. The zero-order valence-corrected chi connectivity index (χ0v) is 15.9. The highest BCUT2D eigenvalue weighted by molar-refractivity contribution is 5.83. The highest BCUT2D eigenvalue weighted by Gasteiger charge is 2.39. The second-order valence-corrected chi connectivity index (χ2v) is 7.52. The molecule has 3 heteroatoms. The largest absolute Gasteiger partial charge is 0.466 e. The van der Waals surface area contributed by atoms with Crippen molar-refractivity contribution in [3.63, 3.8) is 0 Å². The Labute approximate surface area is 146 Å². The molecule has 0 bridgehead atoms. The van der Waals surface area contributed by atoms with Crippen LogP contribution in [-0.2, 0) is 9.53 Å². The van der Waals surface area contributed by atoms with E-state index in [2.05, 4.69) is 44.6 Å². The first-order chi connectivity index (χ1) is 11.2. The number of methoxy groups -OCH3 is 1. The van der Waals surface area contributed by atoms with Crippen LogP contribution in [0.25, 0.3) is 0 Å². The van der Waals surface area contributed by atoms with E-state index in [1.165, 1.54) is 13.2 Å². The Morgan fingerprint density at radius 3 is 2.50 bits per heavy atom. The van der Waals surface area contributed by atoms with Crippen molar-refractivity contribution in [2.45, 2.75) is 53.6 Å². The van der Waals surface area contributed by atoms with Gasteiger partial charge in [0.15, 0.2) is 0 Å². The van der Waals surface area contributed by atoms with Gasteiger partial charge in [-0.05, 0) is 49.5 Å². The maximum atomic E-state index is 11.1. The van der Waals surface area contributed by atoms with Crippen LogP contribution < -0.4 is 0 Å². The van der Waals surface area contributed by atoms with Crippen molar-refractivity contribution in [1.82, 2.24) is 0 Å². The summed E-state index contributed by atoms with van der Waals surface area (Å²) in [6.45, 7) is 10.6. The number of esters is 1. The molecule has 0 aromatic rings. The van der Waals surface area contributed by atoms with E-state index in [9.17, 15) is 9.90 Å². The Balaban J connectivity index is 2.74. The summed E-state index contributed by atoms with van der Waals surface area (Å²) in [5.74, 6) is 0.304. The summed E-state index contributed by atoms with van der Waals surface area (Å²) in [4.78, 5) is 11.1. The minimum absolute atomic E-state index is 0.206. The number of carbonyl (C=O) groups is 1. The van der Waals surface area contributed by atoms with Gasteiger partial charge in [0.25, 0.3) is 0 Å². The van der Waals surface area contributed by atoms with E-state index in [4.69, 9.17) is 0 Å². The van der Waals surface area contributed by atoms with Crippen molar-refractivity contribution in [1.29, 1.82) is 0 Å². The van der Waals surface area contributed by atoms with E-state index in [0.29, 0.717) is 5.92 Å². The quantitative estimate of drug-likeness (QED) is 0.455. The van der Waals surface area contributed by atoms with E-state index >= 15 is 0 Å². The predicted molar refractivity (Wildman–Crippen MR) is 99.5 cm³/mol. The maximum absolute atomic E-state index is 11.1. The number of rotatable bonds is 5. The monoisotopic (exact) mass is 332 g/mol. The molecule has 0 radical (unpaired) electrons. The third-order valence-corrected chi connectivity index (χ3v) is 4.99. The van der Waals surface area contributed by atoms with Gasteiger partial charge in [0.2, 0.25) is 0 Å². The lowest BCUT2D eigenvalue weighted by Crippen LogP contribution is -2.40. The number of hydrogen-bond donors (Lipinski definition) is 1. The molecule has 0 saturated heterocycles. The number of aliphatic hydroxyl groups is 1. The van der Waals surface area contributed by atoms with Gasteiger partial charge in [-0.25, -0.2) is 4.79 Å². The van der Waals surface area contributed by atoms with Crippen molar-refractivity contribution in [3.8, 4) is 0 Å². The molecule has 1 fully saturated rings. The number of carbonyl (C=O) groups excluding carboxylic acids is 1. The van der Waals surface area contributed by atoms with Crippen molar-refractivity contribution in [3.05, 3.63) is 47.6 Å². The summed E-state index contributed by atoms with van der Waals surface area (Å²) >= 11 is 0. The second kappa shape index (κ2) is 9.03. The highest BCUT2D eigenvalue weighted by atomic mass is 16.5. The van der Waals surface area contributed by atoms with Crippen LogP contribution >= 0.6 is 0 Å². The van der Waals surface area contributed by atoms with Crippen LogP contribution in [0, 0.1) is 17.3 Å². The first kappa shape index (κ1) is 20.4. The SMILES string of the molecule is COC(=O)/C=C(C)/C=C/C=C(C)/C=C/C1C(C)C(O)CCC1(C)C. The number of aliphatic hydroxyl groups excluding tert-OH is 1. The maximum Gasteiger partial charge on any atom is 0.330 e. The van der Waals surface area contributed by atoms with Crippen molar-refractivity contribution in [2.24, 2.45) is 17.3 Å². The molecular weight excluding hydrogens is 300 g/mol. The number of hydrogen-bond acceptors (Lipinski definition) is 3. The summed E-state index contributed by atoms with van der Waals surface area (Å²) < 4.78 is 4.60. The fourth-order valence-electron chi connectivity index (χ4n) is 3.29. The molecule has 0 heterocycles. The molecule has 0 spiro atoms. The average molecular weight is 332 g/mol. The lowest BCUT2D eigenvalue weighted by molar-refractivity contribution is -0.134. The molecule has 3 unspecified atom stereocenters. The van der Waals surface area contributed by atoms with Gasteiger partial charge >= 0.3 is 5.97 Å². The minimum atomic E-state index is -0.343. The fourth-order valence-corrected chi connectivity index (χ4v) is 3.29. The van der Waals surface area contributed by atoms with Crippen molar-refractivity contribution >= 4 is 5.97 Å². The molecule has 0 aromatic heterocycles. The molecule has 1 saturated carbocycles. The van der Waals surface area contributed by atoms with Crippen LogP contribution in [-0.4, -0.2) is 24.3 Å². The predicted octanol–water partition coefficient (Wildman–Crippen LogP) is 4.60. The summed E-state index contributed by atoms with van der Waals surface area (Å²) in [7, 11) is 1.37. The summed E-state index contributed by atoms with van der Waals surface area (Å²) in [5.41, 5.74) is 2.20. The van der Waals surface area contributed by atoms with Gasteiger partial charge in [-0.3, -0.25) is 0 Å². The first-order valence-electron chi connectivity index (χ1n) is 8.65. The van der Waals surface area contributed by atoms with E-state index in [1.807, 2.05) is 25.2 Å². The van der Waals surface area contributed by atoms with E-state index in [0.717, 1.165) is 24.0 Å². The highest BCUT2D eigenvalue weighted by Crippen LogP contribution is 2.44. The lowest BCUT2D eigenvalue weighted by Gasteiger charge is -2.44. The molecule has 3 nitrogen and oxygen atoms in total. The third kappa shape index (κ3) is 6.12. The standard InChI is InChI=1S/C21H32O3/c1-15(8-7-9-16(2)14-20(23)24-6)10-11-18-17(3)19(22)12-13-21(18,4)5/h7-11,14,17-19,22H,12-13H2,1-6H3/b9-7+,11-10+,15-8+,16-14+. The Kier molecular flexibility index (Phi) is 7.68. The molecule has 0 aromatic carbocycles. The Morgan fingerprint density at radius 1 is 1.21 bits per heavy atom. The van der Waals surface area contributed by atoms with Gasteiger partial charge in [0, 0.05) is 6.08 Å². The van der Waals surface area contributed by atoms with Crippen LogP contribution in [0.3, 0.4) is 0 Å². The topological polar surface area (TPSA) is 46.5 Å². The van der Waals surface area contributed by atoms with Crippen molar-refractivity contribution in [2.75, 3.05) is 7.11 Å². The van der Waals surface area contributed by atoms with Gasteiger partial charge < -0.3 is 9.84 Å². The van der Waals surface area contributed by atoms with Crippen LogP contribution in [0.4, 0.5) is 0 Å². The molecule has 1 rings (SSSR count). The molecule has 24 heavy (non-hydrogen) atoms. The summed E-state index contributed by atoms with van der Waals surface area (Å²) in [6.07, 6.45) is 13.4. The minimum Gasteiger partial charge on any atom is -0.466 e. The van der Waals surface area contributed by atoms with Crippen LogP contribution in [0.2, 0.25) is 0 Å². The van der Waals surface area contributed by atoms with Crippen LogP contribution in [0.1, 0.15) is 47.5 Å². The number of ether oxygens (including phenoxy) is 1. The molecule has 3 atom stereocenters. The van der Waals surface area contributed by atoms with Gasteiger partial charge in [-0.1, -0.05) is 56.7 Å². The Bertz CT molecular complexity index is 549. The normalized spacial score (nSPS) is 28.5. The zero-order valence-electron chi connectivity index (χ0n) is 15.9.